The van der Waals surface area contributed by atoms with Crippen LogP contribution in [0.1, 0.15) is 60.0 Å². The van der Waals surface area contributed by atoms with E-state index >= 15 is 0 Å². The van der Waals surface area contributed by atoms with Crippen molar-refractivity contribution in [1.82, 2.24) is 20.5 Å². The highest BCUT2D eigenvalue weighted by Crippen LogP contribution is 2.32. The van der Waals surface area contributed by atoms with Crippen molar-refractivity contribution in [2.75, 3.05) is 0 Å². The maximum atomic E-state index is 12.9. The molecule has 1 aliphatic carbocycles. The second kappa shape index (κ2) is 9.31. The van der Waals surface area contributed by atoms with Crippen molar-refractivity contribution < 1.29 is 19.1 Å². The van der Waals surface area contributed by atoms with Gasteiger partial charge < -0.3 is 15.0 Å². The zero-order valence-corrected chi connectivity index (χ0v) is 18.5. The number of hydrogen-bond donors (Lipinski definition) is 2. The van der Waals surface area contributed by atoms with Crippen LogP contribution in [-0.4, -0.2) is 45.8 Å². The van der Waals surface area contributed by atoms with E-state index in [1.54, 1.807) is 17.2 Å². The monoisotopic (exact) mass is 448 g/mol. The number of imide groups is 1. The molecule has 3 heterocycles. The average Bonchev–Trinajstić information content (AvgIpc) is 3.14. The van der Waals surface area contributed by atoms with Crippen LogP contribution in [0, 0.1) is 0 Å². The first kappa shape index (κ1) is 21.6. The predicted octanol–water partition coefficient (Wildman–Crippen LogP) is 2.32. The van der Waals surface area contributed by atoms with E-state index in [1.807, 2.05) is 24.4 Å². The Hall–Kier alpha value is -3.26. The summed E-state index contributed by atoms with van der Waals surface area (Å²) in [4.78, 5) is 42.4. The van der Waals surface area contributed by atoms with E-state index in [-0.39, 0.29) is 30.4 Å². The lowest BCUT2D eigenvalue weighted by Crippen LogP contribution is -2.52. The summed E-state index contributed by atoms with van der Waals surface area (Å²) in [6.07, 6.45) is 8.64. The van der Waals surface area contributed by atoms with Crippen LogP contribution in [-0.2, 0) is 22.7 Å². The lowest BCUT2D eigenvalue weighted by Gasteiger charge is -2.32. The summed E-state index contributed by atoms with van der Waals surface area (Å²) in [5.74, 6) is -0.102. The molecule has 3 amide bonds. The summed E-state index contributed by atoms with van der Waals surface area (Å²) in [5, 5.41) is 5.97. The summed E-state index contributed by atoms with van der Waals surface area (Å²) >= 11 is 0. The number of pyridine rings is 1. The molecule has 0 bridgehead atoms. The predicted molar refractivity (Wildman–Crippen MR) is 120 cm³/mol. The van der Waals surface area contributed by atoms with Crippen molar-refractivity contribution in [1.29, 1.82) is 0 Å². The van der Waals surface area contributed by atoms with Gasteiger partial charge in [-0.05, 0) is 61.1 Å². The standard InChI is InChI=1S/C25H28N4O4/c30-23-10-9-21(24(31)28-23)29-15-17-12-18(7-8-19(17)25(29)32)33-22-6-2-1-5-20(22)27-14-16-4-3-11-26-13-16/h3-4,7-8,11-13,20-22,27H,1-2,5-6,9-10,14-15H2,(H,28,30,31)/t20-,21?,22-/m1/s1. The maximum absolute atomic E-state index is 12.9. The van der Waals surface area contributed by atoms with Crippen molar-refractivity contribution in [2.45, 2.75) is 69.8 Å². The van der Waals surface area contributed by atoms with E-state index in [0.717, 1.165) is 42.7 Å². The van der Waals surface area contributed by atoms with E-state index < -0.39 is 11.9 Å². The number of piperidine rings is 1. The van der Waals surface area contributed by atoms with Gasteiger partial charge in [0.25, 0.3) is 5.91 Å². The van der Waals surface area contributed by atoms with Gasteiger partial charge in [-0.25, -0.2) is 0 Å². The first-order valence-corrected chi connectivity index (χ1v) is 11.6. The molecule has 0 radical (unpaired) electrons. The molecule has 8 heteroatoms. The summed E-state index contributed by atoms with van der Waals surface area (Å²) in [6.45, 7) is 1.10. The zero-order chi connectivity index (χ0) is 22.8. The van der Waals surface area contributed by atoms with Gasteiger partial charge in [0.05, 0.1) is 0 Å². The molecule has 1 saturated heterocycles. The molecule has 2 N–H and O–H groups in total. The van der Waals surface area contributed by atoms with E-state index in [4.69, 9.17) is 4.74 Å². The van der Waals surface area contributed by atoms with Crippen LogP contribution in [0.4, 0.5) is 0 Å². The molecule has 2 aromatic rings. The molecule has 1 saturated carbocycles. The number of rotatable bonds is 6. The molecule has 5 rings (SSSR count). The van der Waals surface area contributed by atoms with Gasteiger partial charge in [-0.15, -0.1) is 0 Å². The smallest absolute Gasteiger partial charge is 0.255 e. The quantitative estimate of drug-likeness (QED) is 0.658. The van der Waals surface area contributed by atoms with Gasteiger partial charge in [0.15, 0.2) is 0 Å². The Kier molecular flexibility index (Phi) is 6.09. The van der Waals surface area contributed by atoms with Crippen LogP contribution in [0.5, 0.6) is 5.75 Å². The number of hydrogen-bond acceptors (Lipinski definition) is 6. The molecule has 2 aliphatic heterocycles. The fourth-order valence-electron chi connectivity index (χ4n) is 5.02. The van der Waals surface area contributed by atoms with Crippen molar-refractivity contribution >= 4 is 17.7 Å². The van der Waals surface area contributed by atoms with E-state index in [0.29, 0.717) is 18.5 Å². The normalized spacial score (nSPS) is 25.0. The number of ether oxygens (including phenoxy) is 1. The van der Waals surface area contributed by atoms with Crippen molar-refractivity contribution in [3.8, 4) is 5.75 Å². The molecular weight excluding hydrogens is 420 g/mol. The molecule has 33 heavy (non-hydrogen) atoms. The lowest BCUT2D eigenvalue weighted by atomic mass is 9.92. The highest BCUT2D eigenvalue weighted by molar-refractivity contribution is 6.05. The molecule has 0 spiro atoms. The minimum absolute atomic E-state index is 0.0526. The molecule has 1 unspecified atom stereocenters. The van der Waals surface area contributed by atoms with Gasteiger partial charge in [0, 0.05) is 43.5 Å². The Labute approximate surface area is 192 Å². The Bertz CT molecular complexity index is 1060. The number of nitrogens with zero attached hydrogens (tertiary/aromatic N) is 2. The summed E-state index contributed by atoms with van der Waals surface area (Å²) in [7, 11) is 0. The number of aromatic nitrogens is 1. The number of fused-ring (bicyclic) bond motifs is 1. The minimum atomic E-state index is -0.605. The first-order valence-electron chi connectivity index (χ1n) is 11.6. The molecule has 3 aliphatic rings. The summed E-state index contributed by atoms with van der Waals surface area (Å²) in [6, 6.07) is 9.20. The highest BCUT2D eigenvalue weighted by Gasteiger charge is 2.39. The molecule has 1 aromatic carbocycles. The van der Waals surface area contributed by atoms with Gasteiger partial charge >= 0.3 is 0 Å². The summed E-state index contributed by atoms with van der Waals surface area (Å²) in [5.41, 5.74) is 2.60. The number of amides is 3. The van der Waals surface area contributed by atoms with E-state index in [1.165, 1.54) is 6.42 Å². The van der Waals surface area contributed by atoms with Gasteiger partial charge in [0.2, 0.25) is 11.8 Å². The average molecular weight is 449 g/mol. The Morgan fingerprint density at radius 3 is 2.82 bits per heavy atom. The van der Waals surface area contributed by atoms with Gasteiger partial charge in [-0.3, -0.25) is 24.7 Å². The first-order chi connectivity index (χ1) is 16.1. The fourth-order valence-corrected chi connectivity index (χ4v) is 5.02. The third kappa shape index (κ3) is 4.61. The largest absolute Gasteiger partial charge is 0.489 e. The lowest BCUT2D eigenvalue weighted by molar-refractivity contribution is -0.136. The number of nitrogens with one attached hydrogen (secondary N) is 2. The summed E-state index contributed by atoms with van der Waals surface area (Å²) < 4.78 is 6.40. The van der Waals surface area contributed by atoms with Crippen LogP contribution >= 0.6 is 0 Å². The fraction of sp³-hybridized carbons (Fsp3) is 0.440. The molecule has 2 fully saturated rings. The van der Waals surface area contributed by atoms with E-state index in [9.17, 15) is 14.4 Å². The Morgan fingerprint density at radius 2 is 2.00 bits per heavy atom. The third-order valence-corrected chi connectivity index (χ3v) is 6.78. The van der Waals surface area contributed by atoms with Crippen LogP contribution in [0.15, 0.2) is 42.7 Å². The van der Waals surface area contributed by atoms with Crippen molar-refractivity contribution in [3.05, 3.63) is 59.4 Å². The number of carbonyl (C=O) groups excluding carboxylic acids is 3. The van der Waals surface area contributed by atoms with Crippen LogP contribution in [0.2, 0.25) is 0 Å². The van der Waals surface area contributed by atoms with Crippen molar-refractivity contribution in [3.63, 3.8) is 0 Å². The molecule has 1 aromatic heterocycles. The Balaban J connectivity index is 1.25. The van der Waals surface area contributed by atoms with Gasteiger partial charge in [0.1, 0.15) is 17.9 Å². The SMILES string of the molecule is O=C1CCC(N2Cc3cc(O[C@@H]4CCCC[C@H]4NCc4cccnc4)ccc3C2=O)C(=O)N1. The second-order valence-corrected chi connectivity index (χ2v) is 9.01. The second-order valence-electron chi connectivity index (χ2n) is 9.01. The number of benzene rings is 1. The molecule has 172 valence electrons. The van der Waals surface area contributed by atoms with Crippen LogP contribution in [0.3, 0.4) is 0 Å². The van der Waals surface area contributed by atoms with E-state index in [2.05, 4.69) is 21.7 Å². The maximum Gasteiger partial charge on any atom is 0.255 e. The topological polar surface area (TPSA) is 101 Å². The molecule has 3 atom stereocenters. The van der Waals surface area contributed by atoms with Gasteiger partial charge in [-0.1, -0.05) is 12.5 Å². The zero-order valence-electron chi connectivity index (χ0n) is 18.5. The molecular formula is C25H28N4O4. The minimum Gasteiger partial charge on any atom is -0.489 e. The third-order valence-electron chi connectivity index (χ3n) is 6.78. The van der Waals surface area contributed by atoms with Crippen molar-refractivity contribution in [2.24, 2.45) is 0 Å². The number of carbonyl (C=O) groups is 3. The van der Waals surface area contributed by atoms with Gasteiger partial charge in [-0.2, -0.15) is 0 Å². The van der Waals surface area contributed by atoms with Crippen LogP contribution in [0.25, 0.3) is 0 Å². The highest BCUT2D eigenvalue weighted by atomic mass is 16.5. The molecule has 8 nitrogen and oxygen atoms in total. The Morgan fingerprint density at radius 1 is 1.12 bits per heavy atom. The van der Waals surface area contributed by atoms with Crippen LogP contribution < -0.4 is 15.4 Å².